The number of thiazole rings is 1. The van der Waals surface area contributed by atoms with Crippen molar-refractivity contribution in [1.29, 1.82) is 0 Å². The van der Waals surface area contributed by atoms with Gasteiger partial charge in [-0.3, -0.25) is 9.69 Å². The van der Waals surface area contributed by atoms with E-state index in [0.29, 0.717) is 40.9 Å². The number of hydrogen-bond acceptors (Lipinski definition) is 7. The summed E-state index contributed by atoms with van der Waals surface area (Å²) < 4.78 is 17.7. The largest absolute Gasteiger partial charge is 0.497 e. The predicted octanol–water partition coefficient (Wildman–Crippen LogP) is 6.87. The van der Waals surface area contributed by atoms with E-state index < -0.39 is 0 Å². The molecule has 0 atom stereocenters. The van der Waals surface area contributed by atoms with Crippen molar-refractivity contribution in [2.75, 3.05) is 32.8 Å². The Hall–Kier alpha value is -4.34. The molecule has 2 heterocycles. The van der Waals surface area contributed by atoms with Gasteiger partial charge in [-0.25, -0.2) is 9.67 Å². The molecule has 8 nitrogen and oxygen atoms in total. The minimum absolute atomic E-state index is 0.252. The Bertz CT molecular complexity index is 1650. The van der Waals surface area contributed by atoms with Crippen molar-refractivity contribution < 1.29 is 19.0 Å². The molecular formula is C31H29ClN4O4S. The molecule has 0 N–H and O–H groups in total. The fourth-order valence-electron chi connectivity index (χ4n) is 4.46. The Morgan fingerprint density at radius 1 is 0.951 bits per heavy atom. The fraction of sp³-hybridized carbons (Fsp3) is 0.194. The molecule has 41 heavy (non-hydrogen) atoms. The molecule has 1 amide bonds. The number of anilines is 1. The molecule has 3 aromatic carbocycles. The molecule has 5 rings (SSSR count). The van der Waals surface area contributed by atoms with Gasteiger partial charge in [-0.2, -0.15) is 5.10 Å². The monoisotopic (exact) mass is 588 g/mol. The van der Waals surface area contributed by atoms with Crippen LogP contribution in [0.1, 0.15) is 21.6 Å². The third-order valence-corrected chi connectivity index (χ3v) is 7.86. The van der Waals surface area contributed by atoms with Crippen LogP contribution >= 0.6 is 22.9 Å². The summed E-state index contributed by atoms with van der Waals surface area (Å²) in [5.74, 6) is 1.76. The number of aryl methyl sites for hydroxylation is 1. The van der Waals surface area contributed by atoms with Crippen LogP contribution in [0.3, 0.4) is 0 Å². The average molecular weight is 589 g/mol. The minimum atomic E-state index is -0.272. The summed E-state index contributed by atoms with van der Waals surface area (Å²) in [6, 6.07) is 22.9. The molecule has 0 aliphatic rings. The standard InChI is InChI=1S/C31H29ClN4O4S/c1-20-28(29(32)36(34-20)23-8-6-5-7-9-23)30(37)35(17-16-21-10-15-26(39-3)27(18-21)40-4)31-33-25(19-41-31)22-11-13-24(38-2)14-12-22/h5-15,18-19H,16-17H2,1-4H3. The van der Waals surface area contributed by atoms with E-state index in [1.54, 1.807) is 37.8 Å². The number of carbonyl (C=O) groups is 1. The average Bonchev–Trinajstić information content (AvgIpc) is 3.61. The summed E-state index contributed by atoms with van der Waals surface area (Å²) >= 11 is 8.20. The van der Waals surface area contributed by atoms with Crippen LogP contribution in [0.5, 0.6) is 17.2 Å². The zero-order valence-corrected chi connectivity index (χ0v) is 24.7. The molecule has 10 heteroatoms. The number of carbonyl (C=O) groups excluding carboxylic acids is 1. The smallest absolute Gasteiger partial charge is 0.265 e. The van der Waals surface area contributed by atoms with E-state index >= 15 is 0 Å². The normalized spacial score (nSPS) is 10.9. The second-order valence-electron chi connectivity index (χ2n) is 9.14. The van der Waals surface area contributed by atoms with E-state index in [-0.39, 0.29) is 11.1 Å². The summed E-state index contributed by atoms with van der Waals surface area (Å²) in [6.45, 7) is 2.14. The first-order chi connectivity index (χ1) is 19.9. The van der Waals surface area contributed by atoms with Crippen LogP contribution in [-0.2, 0) is 6.42 Å². The molecule has 0 aliphatic heterocycles. The molecular weight excluding hydrogens is 560 g/mol. The predicted molar refractivity (Wildman–Crippen MR) is 162 cm³/mol. The lowest BCUT2D eigenvalue weighted by Gasteiger charge is -2.20. The van der Waals surface area contributed by atoms with Crippen LogP contribution < -0.4 is 19.1 Å². The number of aromatic nitrogens is 3. The number of benzene rings is 3. The third-order valence-electron chi connectivity index (χ3n) is 6.64. The highest BCUT2D eigenvalue weighted by Crippen LogP contribution is 2.33. The van der Waals surface area contributed by atoms with E-state index in [0.717, 1.165) is 28.3 Å². The van der Waals surface area contributed by atoms with E-state index in [9.17, 15) is 4.79 Å². The van der Waals surface area contributed by atoms with Gasteiger partial charge in [0.25, 0.3) is 5.91 Å². The number of rotatable bonds is 10. The number of amides is 1. The van der Waals surface area contributed by atoms with E-state index in [4.69, 9.17) is 30.8 Å². The zero-order chi connectivity index (χ0) is 28.9. The van der Waals surface area contributed by atoms with Gasteiger partial charge in [0.15, 0.2) is 16.6 Å². The minimum Gasteiger partial charge on any atom is -0.497 e. The third kappa shape index (κ3) is 5.91. The highest BCUT2D eigenvalue weighted by atomic mass is 35.5. The van der Waals surface area contributed by atoms with E-state index in [2.05, 4.69) is 5.10 Å². The topological polar surface area (TPSA) is 78.7 Å². The first-order valence-corrected chi connectivity index (χ1v) is 14.1. The Labute approximate surface area is 247 Å². The lowest BCUT2D eigenvalue weighted by Crippen LogP contribution is -2.33. The lowest BCUT2D eigenvalue weighted by molar-refractivity contribution is 0.0986. The maximum absolute atomic E-state index is 14.2. The van der Waals surface area contributed by atoms with Gasteiger partial charge >= 0.3 is 0 Å². The van der Waals surface area contributed by atoms with Gasteiger partial charge in [0, 0.05) is 17.5 Å². The number of hydrogen-bond donors (Lipinski definition) is 0. The molecule has 0 radical (unpaired) electrons. The molecule has 5 aromatic rings. The molecule has 0 spiro atoms. The highest BCUT2D eigenvalue weighted by molar-refractivity contribution is 7.14. The maximum atomic E-state index is 14.2. The zero-order valence-electron chi connectivity index (χ0n) is 23.1. The Morgan fingerprint density at radius 3 is 2.37 bits per heavy atom. The second-order valence-corrected chi connectivity index (χ2v) is 10.3. The Morgan fingerprint density at radius 2 is 1.68 bits per heavy atom. The number of nitrogens with zero attached hydrogens (tertiary/aromatic N) is 4. The van der Waals surface area contributed by atoms with Crippen molar-refractivity contribution in [2.24, 2.45) is 0 Å². The van der Waals surface area contributed by atoms with Crippen LogP contribution in [0.25, 0.3) is 16.9 Å². The van der Waals surface area contributed by atoms with E-state index in [1.165, 1.54) is 11.3 Å². The van der Waals surface area contributed by atoms with Gasteiger partial charge in [-0.05, 0) is 67.4 Å². The van der Waals surface area contributed by atoms with Gasteiger partial charge in [0.05, 0.1) is 38.4 Å². The molecule has 0 saturated carbocycles. The van der Waals surface area contributed by atoms with Crippen molar-refractivity contribution in [3.63, 3.8) is 0 Å². The van der Waals surface area contributed by atoms with Crippen molar-refractivity contribution in [1.82, 2.24) is 14.8 Å². The summed E-state index contributed by atoms with van der Waals surface area (Å²) in [5.41, 5.74) is 4.31. The Balaban J connectivity index is 1.50. The molecule has 2 aromatic heterocycles. The van der Waals surface area contributed by atoms with Gasteiger partial charge in [0.1, 0.15) is 16.5 Å². The summed E-state index contributed by atoms with van der Waals surface area (Å²) in [6.07, 6.45) is 0.549. The molecule has 0 unspecified atom stereocenters. The van der Waals surface area contributed by atoms with E-state index in [1.807, 2.05) is 78.2 Å². The maximum Gasteiger partial charge on any atom is 0.265 e. The van der Waals surface area contributed by atoms with Crippen molar-refractivity contribution in [2.45, 2.75) is 13.3 Å². The van der Waals surface area contributed by atoms with Gasteiger partial charge < -0.3 is 14.2 Å². The quantitative estimate of drug-likeness (QED) is 0.177. The van der Waals surface area contributed by atoms with Crippen molar-refractivity contribution in [3.05, 3.63) is 100 Å². The SMILES string of the molecule is COc1ccc(-c2csc(N(CCc3ccc(OC)c(OC)c3)C(=O)c3c(C)nn(-c4ccccc4)c3Cl)n2)cc1. The first kappa shape index (κ1) is 28.2. The molecule has 0 saturated heterocycles. The van der Waals surface area contributed by atoms with Gasteiger partial charge in [-0.15, -0.1) is 11.3 Å². The second kappa shape index (κ2) is 12.4. The number of halogens is 1. The number of methoxy groups -OCH3 is 3. The van der Waals surface area contributed by atoms with Gasteiger partial charge in [0.2, 0.25) is 0 Å². The van der Waals surface area contributed by atoms with Crippen LogP contribution in [0.2, 0.25) is 5.15 Å². The first-order valence-electron chi connectivity index (χ1n) is 12.9. The van der Waals surface area contributed by atoms with Crippen LogP contribution in [0.4, 0.5) is 5.13 Å². The summed E-state index contributed by atoms with van der Waals surface area (Å²) in [5, 5.41) is 7.34. The van der Waals surface area contributed by atoms with Crippen LogP contribution in [0, 0.1) is 6.92 Å². The van der Waals surface area contributed by atoms with Gasteiger partial charge in [-0.1, -0.05) is 35.9 Å². The fourth-order valence-corrected chi connectivity index (χ4v) is 5.67. The Kier molecular flexibility index (Phi) is 8.56. The van der Waals surface area contributed by atoms with Crippen LogP contribution in [0.15, 0.2) is 78.2 Å². The number of ether oxygens (including phenoxy) is 3. The summed E-state index contributed by atoms with van der Waals surface area (Å²) in [7, 11) is 4.83. The van der Waals surface area contributed by atoms with Crippen LogP contribution in [-0.4, -0.2) is 48.5 Å². The highest BCUT2D eigenvalue weighted by Gasteiger charge is 2.28. The molecule has 0 aliphatic carbocycles. The van der Waals surface area contributed by atoms with Crippen molar-refractivity contribution >= 4 is 34.0 Å². The van der Waals surface area contributed by atoms with Crippen molar-refractivity contribution in [3.8, 4) is 34.2 Å². The lowest BCUT2D eigenvalue weighted by atomic mass is 10.1. The number of para-hydroxylation sites is 1. The molecule has 0 fully saturated rings. The molecule has 0 bridgehead atoms. The molecule has 210 valence electrons. The summed E-state index contributed by atoms with van der Waals surface area (Å²) in [4.78, 5) is 20.7.